The minimum atomic E-state index is -0.935. The number of nitrogens with zero attached hydrogens (tertiary/aromatic N) is 1. The molecule has 0 aliphatic carbocycles. The van der Waals surface area contributed by atoms with Gasteiger partial charge in [-0.1, -0.05) is 22.0 Å². The average Bonchev–Trinajstić information content (AvgIpc) is 3.19. The van der Waals surface area contributed by atoms with Crippen molar-refractivity contribution in [3.63, 3.8) is 0 Å². The lowest BCUT2D eigenvalue weighted by Gasteiger charge is -2.13. The van der Waals surface area contributed by atoms with Crippen LogP contribution in [0.2, 0.25) is 0 Å². The van der Waals surface area contributed by atoms with Crippen LogP contribution in [0.1, 0.15) is 23.0 Å². The number of halogens is 2. The summed E-state index contributed by atoms with van der Waals surface area (Å²) in [5.74, 6) is -1.62. The first-order valence-corrected chi connectivity index (χ1v) is 12.6. The number of anilines is 2. The van der Waals surface area contributed by atoms with Crippen LogP contribution in [-0.2, 0) is 9.59 Å². The van der Waals surface area contributed by atoms with E-state index < -0.39 is 17.7 Å². The number of carbonyl (C=O) groups is 3. The van der Waals surface area contributed by atoms with Gasteiger partial charge in [-0.3, -0.25) is 19.8 Å². The number of carbonyl (C=O) groups excluding carboxylic acids is 3. The number of aryl methyl sites for hydroxylation is 1. The van der Waals surface area contributed by atoms with Crippen LogP contribution in [0.3, 0.4) is 0 Å². The number of hydrogen-bond donors (Lipinski definition) is 3. The highest BCUT2D eigenvalue weighted by Crippen LogP contribution is 2.27. The summed E-state index contributed by atoms with van der Waals surface area (Å²) >= 11 is 6.88. The number of hydrogen-bond acceptors (Lipinski definition) is 4. The lowest BCUT2D eigenvalue weighted by Crippen LogP contribution is -2.36. The first kappa shape index (κ1) is 25.5. The Hall–Kier alpha value is -3.63. The van der Waals surface area contributed by atoms with Crippen molar-refractivity contribution >= 4 is 71.9 Å². The van der Waals surface area contributed by atoms with Crippen molar-refractivity contribution in [2.75, 3.05) is 22.7 Å². The summed E-state index contributed by atoms with van der Waals surface area (Å²) < 4.78 is 8.22. The standard InChI is InChI=1S/C26H22Br2N4O4/c1-3-36-19-8-6-18(7-9-19)29-25(34)26(35)31-32-22-11-5-17(27)13-16(22)14-23(32)24(33)30-21-10-4-15(2)12-20(21)28/h4-14H,3H2,1-2H3,(H,29,34)(H,30,33)(H,31,35). The molecule has 10 heteroatoms. The molecule has 1 aromatic heterocycles. The predicted octanol–water partition coefficient (Wildman–Crippen LogP) is 5.83. The topological polar surface area (TPSA) is 101 Å². The van der Waals surface area contributed by atoms with Crippen molar-refractivity contribution < 1.29 is 19.1 Å². The highest BCUT2D eigenvalue weighted by Gasteiger charge is 2.21. The van der Waals surface area contributed by atoms with Gasteiger partial charge in [-0.05, 0) is 96.0 Å². The molecule has 36 heavy (non-hydrogen) atoms. The number of benzene rings is 3. The maximum atomic E-state index is 13.2. The molecule has 3 aromatic carbocycles. The number of aromatic nitrogens is 1. The second kappa shape index (κ2) is 11.0. The smallest absolute Gasteiger partial charge is 0.328 e. The molecule has 0 aliphatic heterocycles. The van der Waals surface area contributed by atoms with E-state index in [1.165, 1.54) is 4.68 Å². The lowest BCUT2D eigenvalue weighted by molar-refractivity contribution is -0.133. The average molecular weight is 614 g/mol. The molecule has 0 radical (unpaired) electrons. The Morgan fingerprint density at radius 2 is 1.64 bits per heavy atom. The van der Waals surface area contributed by atoms with E-state index in [0.717, 1.165) is 14.5 Å². The number of rotatable bonds is 6. The van der Waals surface area contributed by atoms with Gasteiger partial charge in [0.2, 0.25) is 0 Å². The number of nitrogens with one attached hydrogen (secondary N) is 3. The van der Waals surface area contributed by atoms with Crippen molar-refractivity contribution in [1.82, 2.24) is 4.68 Å². The van der Waals surface area contributed by atoms with Crippen LogP contribution < -0.4 is 20.8 Å². The van der Waals surface area contributed by atoms with Gasteiger partial charge >= 0.3 is 11.8 Å². The molecular weight excluding hydrogens is 592 g/mol. The molecule has 0 bridgehead atoms. The fourth-order valence-corrected chi connectivity index (χ4v) is 4.49. The summed E-state index contributed by atoms with van der Waals surface area (Å²) in [4.78, 5) is 38.6. The summed E-state index contributed by atoms with van der Waals surface area (Å²) in [5, 5.41) is 6.09. The largest absolute Gasteiger partial charge is 0.494 e. The zero-order valence-electron chi connectivity index (χ0n) is 19.4. The summed E-state index contributed by atoms with van der Waals surface area (Å²) in [6.07, 6.45) is 0. The van der Waals surface area contributed by atoms with Crippen molar-refractivity contribution in [3.05, 3.63) is 86.9 Å². The van der Waals surface area contributed by atoms with Crippen molar-refractivity contribution in [3.8, 4) is 5.75 Å². The molecule has 8 nitrogen and oxygen atoms in total. The van der Waals surface area contributed by atoms with Crippen LogP contribution in [0, 0.1) is 6.92 Å². The second-order valence-corrected chi connectivity index (χ2v) is 9.63. The summed E-state index contributed by atoms with van der Waals surface area (Å²) in [5.41, 5.74) is 5.29. The van der Waals surface area contributed by atoms with Crippen LogP contribution in [-0.4, -0.2) is 29.0 Å². The van der Waals surface area contributed by atoms with E-state index in [1.54, 1.807) is 48.5 Å². The van der Waals surface area contributed by atoms with E-state index in [1.807, 2.05) is 32.0 Å². The highest BCUT2D eigenvalue weighted by molar-refractivity contribution is 9.10. The van der Waals surface area contributed by atoms with Gasteiger partial charge in [0.15, 0.2) is 0 Å². The maximum Gasteiger partial charge on any atom is 0.328 e. The van der Waals surface area contributed by atoms with E-state index in [0.29, 0.717) is 34.6 Å². The highest BCUT2D eigenvalue weighted by atomic mass is 79.9. The Labute approximate surface area is 224 Å². The van der Waals surface area contributed by atoms with Crippen LogP contribution >= 0.6 is 31.9 Å². The van der Waals surface area contributed by atoms with Crippen LogP contribution in [0.5, 0.6) is 5.75 Å². The lowest BCUT2D eigenvalue weighted by atomic mass is 10.2. The number of amides is 3. The van der Waals surface area contributed by atoms with Gasteiger partial charge < -0.3 is 15.4 Å². The van der Waals surface area contributed by atoms with Gasteiger partial charge in [-0.25, -0.2) is 4.68 Å². The Bertz CT molecular complexity index is 1470. The van der Waals surface area contributed by atoms with Crippen LogP contribution in [0.25, 0.3) is 10.9 Å². The SMILES string of the molecule is CCOc1ccc(NC(=O)C(=O)Nn2c(C(=O)Nc3ccc(C)cc3Br)cc3cc(Br)ccc32)cc1. The Kier molecular flexibility index (Phi) is 7.76. The van der Waals surface area contributed by atoms with E-state index in [2.05, 4.69) is 47.9 Å². The van der Waals surface area contributed by atoms with Crippen molar-refractivity contribution in [1.29, 1.82) is 0 Å². The first-order chi connectivity index (χ1) is 17.2. The molecule has 4 rings (SSSR count). The first-order valence-electron chi connectivity index (χ1n) is 11.0. The van der Waals surface area contributed by atoms with E-state index in [-0.39, 0.29) is 5.69 Å². The molecule has 0 saturated heterocycles. The Morgan fingerprint density at radius 1 is 0.889 bits per heavy atom. The van der Waals surface area contributed by atoms with Crippen LogP contribution in [0.4, 0.5) is 11.4 Å². The normalized spacial score (nSPS) is 10.7. The molecule has 0 unspecified atom stereocenters. The molecular formula is C26H22Br2N4O4. The minimum Gasteiger partial charge on any atom is -0.494 e. The van der Waals surface area contributed by atoms with Gasteiger partial charge in [-0.15, -0.1) is 0 Å². The quantitative estimate of drug-likeness (QED) is 0.238. The fraction of sp³-hybridized carbons (Fsp3) is 0.115. The molecule has 0 atom stereocenters. The number of ether oxygens (including phenoxy) is 1. The minimum absolute atomic E-state index is 0.151. The zero-order chi connectivity index (χ0) is 25.8. The molecule has 0 spiro atoms. The third-order valence-corrected chi connectivity index (χ3v) is 6.36. The van der Waals surface area contributed by atoms with Gasteiger partial charge in [0, 0.05) is 20.0 Å². The summed E-state index contributed by atoms with van der Waals surface area (Å²) in [6, 6.07) is 19.2. The Morgan fingerprint density at radius 3 is 2.33 bits per heavy atom. The fourth-order valence-electron chi connectivity index (χ4n) is 3.52. The van der Waals surface area contributed by atoms with Gasteiger partial charge in [0.1, 0.15) is 11.4 Å². The van der Waals surface area contributed by atoms with Gasteiger partial charge in [0.05, 0.1) is 17.8 Å². The molecule has 184 valence electrons. The molecule has 3 amide bonds. The predicted molar refractivity (Wildman–Crippen MR) is 147 cm³/mol. The van der Waals surface area contributed by atoms with Crippen molar-refractivity contribution in [2.45, 2.75) is 13.8 Å². The summed E-state index contributed by atoms with van der Waals surface area (Å²) in [7, 11) is 0. The molecule has 0 fully saturated rings. The third kappa shape index (κ3) is 5.77. The maximum absolute atomic E-state index is 13.2. The Balaban J connectivity index is 1.58. The van der Waals surface area contributed by atoms with Gasteiger partial charge in [0.25, 0.3) is 5.91 Å². The van der Waals surface area contributed by atoms with Crippen LogP contribution in [0.15, 0.2) is 75.7 Å². The molecule has 0 aliphatic rings. The molecule has 1 heterocycles. The number of fused-ring (bicyclic) bond motifs is 1. The third-order valence-electron chi connectivity index (χ3n) is 5.21. The van der Waals surface area contributed by atoms with E-state index in [9.17, 15) is 14.4 Å². The second-order valence-electron chi connectivity index (χ2n) is 7.86. The molecule has 3 N–H and O–H groups in total. The van der Waals surface area contributed by atoms with E-state index in [4.69, 9.17) is 4.74 Å². The molecule has 4 aromatic rings. The van der Waals surface area contributed by atoms with Gasteiger partial charge in [-0.2, -0.15) is 0 Å². The summed E-state index contributed by atoms with van der Waals surface area (Å²) in [6.45, 7) is 4.34. The molecule has 0 saturated carbocycles. The monoisotopic (exact) mass is 612 g/mol. The zero-order valence-corrected chi connectivity index (χ0v) is 22.6. The van der Waals surface area contributed by atoms with E-state index >= 15 is 0 Å². The van der Waals surface area contributed by atoms with Crippen molar-refractivity contribution in [2.24, 2.45) is 0 Å².